The van der Waals surface area contributed by atoms with E-state index in [-0.39, 0.29) is 5.54 Å². The number of nitrogens with zero attached hydrogens (tertiary/aromatic N) is 1. The van der Waals surface area contributed by atoms with Crippen molar-refractivity contribution in [2.45, 2.75) is 81.9 Å². The van der Waals surface area contributed by atoms with Gasteiger partial charge in [-0.2, -0.15) is 5.26 Å². The largest absolute Gasteiger partial charge is 0.375 e. The lowest BCUT2D eigenvalue weighted by atomic mass is 9.95. The molecule has 3 aliphatic carbocycles. The smallest absolute Gasteiger partial charge is 0.133 e. The van der Waals surface area contributed by atoms with E-state index >= 15 is 0 Å². The molecular formula is C16H26N2O. The standard InChI is InChI=1S/C16H26N2O/c17-11-16(13-7-8-13,18-14-9-10-14)12-19-15-5-3-1-2-4-6-15/h13-15,18H,1-10,12H2. The van der Waals surface area contributed by atoms with E-state index in [0.717, 1.165) is 0 Å². The average Bonchev–Trinajstić information content (AvgIpc) is 3.31. The Morgan fingerprint density at radius 1 is 1.00 bits per heavy atom. The normalized spacial score (nSPS) is 28.4. The van der Waals surface area contributed by atoms with E-state index in [1.54, 1.807) is 0 Å². The van der Waals surface area contributed by atoms with E-state index in [1.807, 2.05) is 0 Å². The number of ether oxygens (including phenoxy) is 1. The topological polar surface area (TPSA) is 45.0 Å². The zero-order valence-electron chi connectivity index (χ0n) is 11.9. The summed E-state index contributed by atoms with van der Waals surface area (Å²) in [4.78, 5) is 0. The summed E-state index contributed by atoms with van der Waals surface area (Å²) in [7, 11) is 0. The summed E-state index contributed by atoms with van der Waals surface area (Å²) in [5, 5.41) is 13.2. The lowest BCUT2D eigenvalue weighted by molar-refractivity contribution is 0.00938. The summed E-state index contributed by atoms with van der Waals surface area (Å²) < 4.78 is 6.16. The molecule has 0 radical (unpaired) electrons. The van der Waals surface area contributed by atoms with Gasteiger partial charge in [-0.05, 0) is 44.4 Å². The van der Waals surface area contributed by atoms with Gasteiger partial charge in [0.05, 0.1) is 18.8 Å². The molecule has 0 bridgehead atoms. The summed E-state index contributed by atoms with van der Waals surface area (Å²) in [6, 6.07) is 3.15. The molecule has 3 fully saturated rings. The second-order valence-corrected chi connectivity index (χ2v) is 6.70. The Balaban J connectivity index is 1.55. The Morgan fingerprint density at radius 2 is 1.68 bits per heavy atom. The van der Waals surface area contributed by atoms with Crippen LogP contribution in [0, 0.1) is 17.2 Å². The number of rotatable bonds is 6. The quantitative estimate of drug-likeness (QED) is 0.748. The fraction of sp³-hybridized carbons (Fsp3) is 0.938. The third-order valence-electron chi connectivity index (χ3n) is 4.86. The van der Waals surface area contributed by atoms with Gasteiger partial charge in [0.25, 0.3) is 0 Å². The van der Waals surface area contributed by atoms with E-state index in [2.05, 4.69) is 11.4 Å². The molecule has 0 aromatic rings. The lowest BCUT2D eigenvalue weighted by Crippen LogP contribution is -2.51. The molecule has 0 aliphatic heterocycles. The van der Waals surface area contributed by atoms with Crippen molar-refractivity contribution in [3.63, 3.8) is 0 Å². The number of nitrogens with one attached hydrogen (secondary N) is 1. The summed E-state index contributed by atoms with van der Waals surface area (Å²) in [6.07, 6.45) is 12.9. The van der Waals surface area contributed by atoms with Crippen LogP contribution in [0.25, 0.3) is 0 Å². The van der Waals surface area contributed by atoms with Crippen LogP contribution >= 0.6 is 0 Å². The van der Waals surface area contributed by atoms with Crippen LogP contribution in [0.15, 0.2) is 0 Å². The first-order chi connectivity index (χ1) is 9.32. The van der Waals surface area contributed by atoms with Gasteiger partial charge < -0.3 is 4.74 Å². The highest BCUT2D eigenvalue weighted by atomic mass is 16.5. The highest BCUT2D eigenvalue weighted by Gasteiger charge is 2.48. The minimum Gasteiger partial charge on any atom is -0.375 e. The third-order valence-corrected chi connectivity index (χ3v) is 4.86. The molecule has 1 N–H and O–H groups in total. The predicted molar refractivity (Wildman–Crippen MR) is 74.7 cm³/mol. The van der Waals surface area contributed by atoms with Crippen molar-refractivity contribution in [1.82, 2.24) is 5.32 Å². The van der Waals surface area contributed by atoms with Crippen LogP contribution < -0.4 is 5.32 Å². The second kappa shape index (κ2) is 5.81. The van der Waals surface area contributed by atoms with Crippen LogP contribution in [0.2, 0.25) is 0 Å². The maximum absolute atomic E-state index is 9.66. The summed E-state index contributed by atoms with van der Waals surface area (Å²) in [6.45, 7) is 0.606. The molecule has 3 rings (SSSR count). The molecule has 3 aliphatic rings. The molecule has 1 unspecified atom stereocenters. The van der Waals surface area contributed by atoms with Crippen LogP contribution in [0.4, 0.5) is 0 Å². The van der Waals surface area contributed by atoms with Crippen LogP contribution in [0.3, 0.4) is 0 Å². The molecule has 0 aromatic heterocycles. The van der Waals surface area contributed by atoms with Gasteiger partial charge in [-0.1, -0.05) is 25.7 Å². The van der Waals surface area contributed by atoms with Crippen molar-refractivity contribution in [3.05, 3.63) is 0 Å². The molecule has 0 amide bonds. The third kappa shape index (κ3) is 3.49. The first kappa shape index (κ1) is 13.4. The Kier molecular flexibility index (Phi) is 4.10. The average molecular weight is 262 g/mol. The van der Waals surface area contributed by atoms with Crippen molar-refractivity contribution < 1.29 is 4.74 Å². The van der Waals surface area contributed by atoms with E-state index in [0.29, 0.717) is 24.7 Å². The molecule has 3 heteroatoms. The van der Waals surface area contributed by atoms with Crippen molar-refractivity contribution >= 4 is 0 Å². The molecule has 3 saturated carbocycles. The summed E-state index contributed by atoms with van der Waals surface area (Å²) in [5.74, 6) is 0.531. The molecule has 3 nitrogen and oxygen atoms in total. The molecule has 0 heterocycles. The molecule has 106 valence electrons. The van der Waals surface area contributed by atoms with Gasteiger partial charge in [0.1, 0.15) is 5.54 Å². The van der Waals surface area contributed by atoms with Gasteiger partial charge in [0.2, 0.25) is 0 Å². The summed E-state index contributed by atoms with van der Waals surface area (Å²) in [5.41, 5.74) is -0.381. The fourth-order valence-electron chi connectivity index (χ4n) is 3.26. The van der Waals surface area contributed by atoms with Crippen LogP contribution in [-0.4, -0.2) is 24.3 Å². The van der Waals surface area contributed by atoms with Crippen LogP contribution in [0.5, 0.6) is 0 Å². The van der Waals surface area contributed by atoms with Crippen LogP contribution in [0.1, 0.15) is 64.2 Å². The van der Waals surface area contributed by atoms with Crippen molar-refractivity contribution in [1.29, 1.82) is 5.26 Å². The van der Waals surface area contributed by atoms with Crippen molar-refractivity contribution in [2.75, 3.05) is 6.61 Å². The van der Waals surface area contributed by atoms with Gasteiger partial charge in [-0.15, -0.1) is 0 Å². The monoisotopic (exact) mass is 262 g/mol. The van der Waals surface area contributed by atoms with Crippen molar-refractivity contribution in [2.24, 2.45) is 5.92 Å². The predicted octanol–water partition coefficient (Wildman–Crippen LogP) is 3.15. The Hall–Kier alpha value is -0.590. The van der Waals surface area contributed by atoms with E-state index in [9.17, 15) is 5.26 Å². The first-order valence-corrected chi connectivity index (χ1v) is 8.13. The zero-order chi connectivity index (χ0) is 13.1. The fourth-order valence-corrected chi connectivity index (χ4v) is 3.26. The Morgan fingerprint density at radius 3 is 2.21 bits per heavy atom. The molecule has 0 saturated heterocycles. The number of hydrogen-bond donors (Lipinski definition) is 1. The Bertz CT molecular complexity index is 335. The molecule has 19 heavy (non-hydrogen) atoms. The maximum atomic E-state index is 9.66. The second-order valence-electron chi connectivity index (χ2n) is 6.70. The minimum absolute atomic E-state index is 0.381. The molecule has 1 atom stereocenters. The van der Waals surface area contributed by atoms with Gasteiger partial charge in [-0.3, -0.25) is 5.32 Å². The molecular weight excluding hydrogens is 236 g/mol. The van der Waals surface area contributed by atoms with Gasteiger partial charge in [-0.25, -0.2) is 0 Å². The van der Waals surface area contributed by atoms with E-state index < -0.39 is 0 Å². The highest BCUT2D eigenvalue weighted by molar-refractivity contribution is 5.17. The number of nitriles is 1. The lowest BCUT2D eigenvalue weighted by Gasteiger charge is -2.30. The number of hydrogen-bond acceptors (Lipinski definition) is 3. The van der Waals surface area contributed by atoms with E-state index in [1.165, 1.54) is 64.2 Å². The maximum Gasteiger partial charge on any atom is 0.133 e. The van der Waals surface area contributed by atoms with Gasteiger partial charge in [0.15, 0.2) is 0 Å². The molecule has 0 spiro atoms. The summed E-state index contributed by atoms with van der Waals surface area (Å²) >= 11 is 0. The highest BCUT2D eigenvalue weighted by Crippen LogP contribution is 2.42. The molecule has 0 aromatic carbocycles. The van der Waals surface area contributed by atoms with E-state index in [4.69, 9.17) is 4.74 Å². The van der Waals surface area contributed by atoms with Crippen LogP contribution in [-0.2, 0) is 4.74 Å². The van der Waals surface area contributed by atoms with Gasteiger partial charge in [0, 0.05) is 6.04 Å². The zero-order valence-corrected chi connectivity index (χ0v) is 11.9. The minimum atomic E-state index is -0.381. The Labute approximate surface area is 116 Å². The van der Waals surface area contributed by atoms with Gasteiger partial charge >= 0.3 is 0 Å². The van der Waals surface area contributed by atoms with Crippen molar-refractivity contribution in [3.8, 4) is 6.07 Å². The SMILES string of the molecule is N#CC(COC1CCCCCC1)(NC1CC1)C1CC1. The first-order valence-electron chi connectivity index (χ1n) is 8.13.